The van der Waals surface area contributed by atoms with Crippen molar-refractivity contribution in [1.29, 1.82) is 0 Å². The largest absolute Gasteiger partial charge is 0.322 e. The Morgan fingerprint density at radius 1 is 0.875 bits per heavy atom. The third kappa shape index (κ3) is 3.51. The van der Waals surface area contributed by atoms with Gasteiger partial charge >= 0.3 is 0 Å². The Balaban J connectivity index is 1.64. The molecule has 158 valence electrons. The normalized spacial score (nSPS) is 11.2. The van der Waals surface area contributed by atoms with E-state index < -0.39 is 17.5 Å². The lowest BCUT2D eigenvalue weighted by molar-refractivity contribution is 0.102. The van der Waals surface area contributed by atoms with Crippen LogP contribution in [0, 0.1) is 11.6 Å². The minimum atomic E-state index is -0.466. The van der Waals surface area contributed by atoms with Gasteiger partial charge in [-0.3, -0.25) is 9.59 Å². The number of anilines is 1. The number of hydrogen-bond donors (Lipinski definition) is 1. The molecule has 0 unspecified atom stereocenters. The lowest BCUT2D eigenvalue weighted by atomic mass is 10.1. The molecular formula is C24H16F2N4O2. The highest BCUT2D eigenvalue weighted by Crippen LogP contribution is 2.19. The summed E-state index contributed by atoms with van der Waals surface area (Å²) in [5.74, 6) is -1.32. The summed E-state index contributed by atoms with van der Waals surface area (Å²) in [4.78, 5) is 26.0. The molecular weight excluding hydrogens is 414 g/mol. The van der Waals surface area contributed by atoms with E-state index in [4.69, 9.17) is 0 Å². The fourth-order valence-electron chi connectivity index (χ4n) is 3.71. The van der Waals surface area contributed by atoms with Gasteiger partial charge in [0.15, 0.2) is 0 Å². The van der Waals surface area contributed by atoms with Gasteiger partial charge in [-0.05, 0) is 60.2 Å². The summed E-state index contributed by atoms with van der Waals surface area (Å²) in [6, 6.07) is 18.0. The first kappa shape index (κ1) is 19.6. The number of carbonyl (C=O) groups is 1. The molecule has 0 bridgehead atoms. The van der Waals surface area contributed by atoms with Crippen molar-refractivity contribution in [3.05, 3.63) is 112 Å². The summed E-state index contributed by atoms with van der Waals surface area (Å²) in [7, 11) is 0. The molecule has 0 aliphatic heterocycles. The molecule has 8 heteroatoms. The number of hydrogen-bond acceptors (Lipinski definition) is 3. The van der Waals surface area contributed by atoms with Crippen LogP contribution in [0.5, 0.6) is 0 Å². The monoisotopic (exact) mass is 430 g/mol. The summed E-state index contributed by atoms with van der Waals surface area (Å²) in [6.45, 7) is 0.115. The molecule has 0 atom stereocenters. The molecule has 0 radical (unpaired) electrons. The molecule has 0 spiro atoms. The van der Waals surface area contributed by atoms with Crippen LogP contribution >= 0.6 is 0 Å². The first-order chi connectivity index (χ1) is 15.5. The van der Waals surface area contributed by atoms with Gasteiger partial charge in [-0.25, -0.2) is 13.3 Å². The second-order valence-electron chi connectivity index (χ2n) is 7.32. The van der Waals surface area contributed by atoms with Crippen molar-refractivity contribution in [3.8, 4) is 0 Å². The van der Waals surface area contributed by atoms with Crippen molar-refractivity contribution in [2.24, 2.45) is 0 Å². The van der Waals surface area contributed by atoms with Crippen molar-refractivity contribution in [2.75, 3.05) is 5.32 Å². The molecule has 6 nitrogen and oxygen atoms in total. The van der Waals surface area contributed by atoms with Crippen molar-refractivity contribution in [1.82, 2.24) is 14.2 Å². The van der Waals surface area contributed by atoms with Crippen LogP contribution in [-0.2, 0) is 6.54 Å². The zero-order valence-electron chi connectivity index (χ0n) is 16.6. The fraction of sp³-hybridized carbons (Fsp3) is 0.0417. The molecule has 2 aromatic heterocycles. The first-order valence-corrected chi connectivity index (χ1v) is 9.81. The first-order valence-electron chi connectivity index (χ1n) is 9.81. The number of benzene rings is 3. The van der Waals surface area contributed by atoms with Gasteiger partial charge in [0.1, 0.15) is 17.2 Å². The quantitative estimate of drug-likeness (QED) is 0.464. The summed E-state index contributed by atoms with van der Waals surface area (Å²) >= 11 is 0. The van der Waals surface area contributed by atoms with E-state index in [0.717, 1.165) is 0 Å². The van der Waals surface area contributed by atoms with Crippen LogP contribution in [0.4, 0.5) is 14.5 Å². The Hall–Kier alpha value is -4.33. The Morgan fingerprint density at radius 2 is 1.66 bits per heavy atom. The number of aromatic nitrogens is 3. The molecule has 2 heterocycles. The van der Waals surface area contributed by atoms with Crippen molar-refractivity contribution >= 4 is 28.1 Å². The highest BCUT2D eigenvalue weighted by Gasteiger charge is 2.15. The van der Waals surface area contributed by atoms with Crippen LogP contribution in [0.1, 0.15) is 15.9 Å². The molecule has 0 fully saturated rings. The topological polar surface area (TPSA) is 68.4 Å². The molecule has 5 rings (SSSR count). The zero-order chi connectivity index (χ0) is 22.2. The van der Waals surface area contributed by atoms with Crippen molar-refractivity contribution in [3.63, 3.8) is 0 Å². The van der Waals surface area contributed by atoms with Gasteiger partial charge in [0.05, 0.1) is 23.8 Å². The van der Waals surface area contributed by atoms with Gasteiger partial charge in [0, 0.05) is 11.3 Å². The number of fused-ring (bicyclic) bond motifs is 3. The Morgan fingerprint density at radius 3 is 2.44 bits per heavy atom. The minimum Gasteiger partial charge on any atom is -0.322 e. The Bertz CT molecular complexity index is 1560. The third-order valence-electron chi connectivity index (χ3n) is 5.18. The van der Waals surface area contributed by atoms with Gasteiger partial charge in [-0.2, -0.15) is 5.10 Å². The maximum atomic E-state index is 13.7. The molecule has 32 heavy (non-hydrogen) atoms. The molecule has 1 N–H and O–H groups in total. The molecule has 1 amide bonds. The Kier molecular flexibility index (Phi) is 4.74. The molecule has 0 aliphatic carbocycles. The molecule has 3 aromatic carbocycles. The third-order valence-corrected chi connectivity index (χ3v) is 5.18. The van der Waals surface area contributed by atoms with Gasteiger partial charge in [-0.1, -0.05) is 18.2 Å². The van der Waals surface area contributed by atoms with E-state index in [1.165, 1.54) is 45.6 Å². The minimum absolute atomic E-state index is 0.115. The second kappa shape index (κ2) is 7.73. The molecule has 5 aromatic rings. The standard InChI is InChI=1S/C24H16F2N4O2/c25-17-4-1-3-15(11-17)14-29-22-12-16(23(31)28-19-6-2-5-18(26)13-19)7-8-20(22)30-21(24(29)32)9-10-27-30/h1-13H,14H2,(H,28,31). The number of nitrogens with zero attached hydrogens (tertiary/aromatic N) is 3. The van der Waals surface area contributed by atoms with Gasteiger partial charge in [-0.15, -0.1) is 0 Å². The highest BCUT2D eigenvalue weighted by atomic mass is 19.1. The van der Waals surface area contributed by atoms with Crippen LogP contribution < -0.4 is 10.9 Å². The summed E-state index contributed by atoms with van der Waals surface area (Å²) in [6.07, 6.45) is 1.52. The predicted molar refractivity (Wildman–Crippen MR) is 117 cm³/mol. The van der Waals surface area contributed by atoms with Crippen LogP contribution in [0.15, 0.2) is 83.8 Å². The van der Waals surface area contributed by atoms with Crippen molar-refractivity contribution < 1.29 is 13.6 Å². The lowest BCUT2D eigenvalue weighted by Gasteiger charge is -2.14. The van der Waals surface area contributed by atoms with E-state index in [2.05, 4.69) is 10.4 Å². The number of rotatable bonds is 4. The summed E-state index contributed by atoms with van der Waals surface area (Å²) in [5, 5.41) is 6.87. The van der Waals surface area contributed by atoms with Crippen LogP contribution in [-0.4, -0.2) is 20.1 Å². The maximum Gasteiger partial charge on any atom is 0.277 e. The smallest absolute Gasteiger partial charge is 0.277 e. The highest BCUT2D eigenvalue weighted by molar-refractivity contribution is 6.06. The second-order valence-corrected chi connectivity index (χ2v) is 7.32. The predicted octanol–water partition coefficient (Wildman–Crippen LogP) is 4.23. The number of halogens is 2. The fourth-order valence-corrected chi connectivity index (χ4v) is 3.71. The summed E-state index contributed by atoms with van der Waals surface area (Å²) < 4.78 is 30.2. The molecule has 0 saturated carbocycles. The SMILES string of the molecule is O=C(Nc1cccc(F)c1)c1ccc2c(c1)n(Cc1cccc(F)c1)c(=O)c1ccnn12. The van der Waals surface area contributed by atoms with Crippen molar-refractivity contribution in [2.45, 2.75) is 6.54 Å². The van der Waals surface area contributed by atoms with Crippen LogP contribution in [0.25, 0.3) is 16.6 Å². The lowest BCUT2D eigenvalue weighted by Crippen LogP contribution is -2.24. The van der Waals surface area contributed by atoms with E-state index >= 15 is 0 Å². The maximum absolute atomic E-state index is 13.7. The van der Waals surface area contributed by atoms with E-state index in [1.54, 1.807) is 42.5 Å². The van der Waals surface area contributed by atoms with E-state index in [-0.39, 0.29) is 17.7 Å². The van der Waals surface area contributed by atoms with E-state index in [9.17, 15) is 18.4 Å². The van der Waals surface area contributed by atoms with E-state index in [0.29, 0.717) is 27.8 Å². The number of amides is 1. The van der Waals surface area contributed by atoms with Gasteiger partial charge in [0.25, 0.3) is 11.5 Å². The molecule has 0 aliphatic rings. The van der Waals surface area contributed by atoms with Gasteiger partial charge < -0.3 is 9.88 Å². The van der Waals surface area contributed by atoms with Gasteiger partial charge in [0.2, 0.25) is 0 Å². The molecule has 0 saturated heterocycles. The average molecular weight is 430 g/mol. The number of nitrogens with one attached hydrogen (secondary N) is 1. The van der Waals surface area contributed by atoms with Crippen LogP contribution in [0.2, 0.25) is 0 Å². The van der Waals surface area contributed by atoms with Crippen LogP contribution in [0.3, 0.4) is 0 Å². The average Bonchev–Trinajstić information content (AvgIpc) is 3.27. The van der Waals surface area contributed by atoms with E-state index in [1.807, 2.05) is 0 Å². The summed E-state index contributed by atoms with van der Waals surface area (Å²) in [5.41, 5.74) is 2.32. The number of carbonyl (C=O) groups excluding carboxylic acids is 1. The zero-order valence-corrected chi connectivity index (χ0v) is 16.6. The Labute approximate surface area is 180 Å².